The summed E-state index contributed by atoms with van der Waals surface area (Å²) in [5.74, 6) is 0.418. The van der Waals surface area contributed by atoms with Gasteiger partial charge in [0, 0.05) is 16.6 Å². The molecule has 2 N–H and O–H groups in total. The van der Waals surface area contributed by atoms with Gasteiger partial charge in [-0.15, -0.1) is 0 Å². The molecule has 7 heteroatoms. The van der Waals surface area contributed by atoms with Crippen LogP contribution in [-0.2, 0) is 25.0 Å². The minimum Gasteiger partial charge on any atom is -0.492 e. The van der Waals surface area contributed by atoms with Gasteiger partial charge < -0.3 is 9.47 Å². The van der Waals surface area contributed by atoms with E-state index < -0.39 is 21.6 Å². The van der Waals surface area contributed by atoms with Crippen molar-refractivity contribution in [1.29, 1.82) is 0 Å². The topological polar surface area (TPSA) is 95.7 Å². The second kappa shape index (κ2) is 6.18. The van der Waals surface area contributed by atoms with Crippen molar-refractivity contribution >= 4 is 27.1 Å². The van der Waals surface area contributed by atoms with Gasteiger partial charge in [0.05, 0.1) is 17.1 Å². The first-order valence-corrected chi connectivity index (χ1v) is 10.8. The lowest BCUT2D eigenvalue weighted by Crippen LogP contribution is -2.22. The Hall–Kier alpha value is -2.64. The molecule has 152 valence electrons. The zero-order valence-corrected chi connectivity index (χ0v) is 17.6. The number of hydrogen-bond donors (Lipinski definition) is 1. The molecular formula is C22H23NO5S. The summed E-state index contributed by atoms with van der Waals surface area (Å²) in [6.07, 6.45) is 0. The number of esters is 1. The average molecular weight is 413 g/mol. The Morgan fingerprint density at radius 3 is 2.21 bits per heavy atom. The summed E-state index contributed by atoms with van der Waals surface area (Å²) in [6.45, 7) is 8.42. The number of nitrogens with two attached hydrogens (primary N) is 1. The minimum atomic E-state index is -3.80. The molecule has 6 nitrogen and oxygen atoms in total. The van der Waals surface area contributed by atoms with E-state index in [4.69, 9.17) is 14.6 Å². The van der Waals surface area contributed by atoms with Gasteiger partial charge in [-0.05, 0) is 49.2 Å². The van der Waals surface area contributed by atoms with Gasteiger partial charge in [0.15, 0.2) is 0 Å². The van der Waals surface area contributed by atoms with E-state index in [1.807, 2.05) is 32.0 Å². The molecule has 0 fully saturated rings. The Morgan fingerprint density at radius 2 is 1.59 bits per heavy atom. The fourth-order valence-electron chi connectivity index (χ4n) is 3.98. The predicted molar refractivity (Wildman–Crippen MR) is 110 cm³/mol. The Labute approximate surface area is 170 Å². The molecule has 0 amide bonds. The van der Waals surface area contributed by atoms with Gasteiger partial charge in [-0.25, -0.2) is 18.4 Å². The highest BCUT2D eigenvalue weighted by Crippen LogP contribution is 2.46. The van der Waals surface area contributed by atoms with Crippen LogP contribution in [0.4, 0.5) is 0 Å². The molecule has 0 aliphatic carbocycles. The summed E-state index contributed by atoms with van der Waals surface area (Å²) in [5.41, 5.74) is 2.68. The van der Waals surface area contributed by atoms with E-state index >= 15 is 0 Å². The highest BCUT2D eigenvalue weighted by molar-refractivity contribution is 7.89. The van der Waals surface area contributed by atoms with Crippen molar-refractivity contribution < 1.29 is 22.7 Å². The van der Waals surface area contributed by atoms with E-state index in [1.54, 1.807) is 12.1 Å². The number of primary sulfonamides is 1. The Balaban J connectivity index is 1.91. The summed E-state index contributed by atoms with van der Waals surface area (Å²) >= 11 is 0. The SMILES string of the molecule is CC1(C)OC(=O)C(c2ccc3c(c2)C(C)(C)CO3)=C1c1ccc(S(N)(=O)=O)cc1. The van der Waals surface area contributed by atoms with Gasteiger partial charge in [-0.2, -0.15) is 0 Å². The van der Waals surface area contributed by atoms with Crippen molar-refractivity contribution in [2.24, 2.45) is 5.14 Å². The lowest BCUT2D eigenvalue weighted by atomic mass is 9.83. The summed E-state index contributed by atoms with van der Waals surface area (Å²) < 4.78 is 34.6. The van der Waals surface area contributed by atoms with Gasteiger partial charge in [0.2, 0.25) is 10.0 Å². The molecule has 0 spiro atoms. The van der Waals surface area contributed by atoms with Crippen molar-refractivity contribution in [1.82, 2.24) is 0 Å². The Bertz CT molecular complexity index is 1160. The highest BCUT2D eigenvalue weighted by Gasteiger charge is 2.42. The van der Waals surface area contributed by atoms with Crippen LogP contribution >= 0.6 is 0 Å². The molecule has 0 saturated carbocycles. The van der Waals surface area contributed by atoms with E-state index in [0.29, 0.717) is 23.3 Å². The molecular weight excluding hydrogens is 390 g/mol. The van der Waals surface area contributed by atoms with Crippen molar-refractivity contribution in [2.45, 2.75) is 43.6 Å². The summed E-state index contributed by atoms with van der Waals surface area (Å²) in [7, 11) is -3.80. The highest BCUT2D eigenvalue weighted by atomic mass is 32.2. The van der Waals surface area contributed by atoms with Crippen molar-refractivity contribution in [3.8, 4) is 5.75 Å². The van der Waals surface area contributed by atoms with E-state index in [1.165, 1.54) is 12.1 Å². The first kappa shape index (κ1) is 19.7. The molecule has 2 aliphatic heterocycles. The first-order valence-electron chi connectivity index (χ1n) is 9.29. The third-order valence-electron chi connectivity index (χ3n) is 5.46. The number of carbonyl (C=O) groups excluding carboxylic acids is 1. The van der Waals surface area contributed by atoms with E-state index in [-0.39, 0.29) is 10.3 Å². The molecule has 4 rings (SSSR count). The Kier molecular flexibility index (Phi) is 4.19. The van der Waals surface area contributed by atoms with Crippen LogP contribution in [-0.4, -0.2) is 26.6 Å². The van der Waals surface area contributed by atoms with Gasteiger partial charge in [0.25, 0.3) is 0 Å². The van der Waals surface area contributed by atoms with Crippen LogP contribution in [0.25, 0.3) is 11.1 Å². The van der Waals surface area contributed by atoms with Crippen molar-refractivity contribution in [3.05, 3.63) is 59.2 Å². The molecule has 2 aromatic rings. The average Bonchev–Trinajstić information content (AvgIpc) is 3.05. The maximum Gasteiger partial charge on any atom is 0.340 e. The van der Waals surface area contributed by atoms with Crippen LogP contribution in [0.5, 0.6) is 5.75 Å². The molecule has 0 saturated heterocycles. The van der Waals surface area contributed by atoms with Gasteiger partial charge >= 0.3 is 5.97 Å². The van der Waals surface area contributed by atoms with Crippen LogP contribution in [0.3, 0.4) is 0 Å². The monoisotopic (exact) mass is 413 g/mol. The summed E-state index contributed by atoms with van der Waals surface area (Å²) in [6, 6.07) is 11.9. The smallest absolute Gasteiger partial charge is 0.340 e. The number of carbonyl (C=O) groups is 1. The molecule has 2 aromatic carbocycles. The maximum atomic E-state index is 12.8. The number of sulfonamides is 1. The van der Waals surface area contributed by atoms with Gasteiger partial charge in [-0.3, -0.25) is 0 Å². The third-order valence-corrected chi connectivity index (χ3v) is 6.39. The standard InChI is InChI=1S/C22H23NO5S/c1-21(2)12-27-17-10-7-14(11-16(17)21)18-19(22(3,4)28-20(18)24)13-5-8-15(9-6-13)29(23,25)26/h5-11H,12H2,1-4H3,(H2,23,25,26). The van der Waals surface area contributed by atoms with E-state index in [0.717, 1.165) is 16.9 Å². The van der Waals surface area contributed by atoms with Crippen LogP contribution in [0.1, 0.15) is 44.4 Å². The lowest BCUT2D eigenvalue weighted by Gasteiger charge is -2.22. The van der Waals surface area contributed by atoms with Gasteiger partial charge in [0.1, 0.15) is 11.4 Å². The quantitative estimate of drug-likeness (QED) is 0.780. The van der Waals surface area contributed by atoms with Crippen molar-refractivity contribution in [2.75, 3.05) is 6.61 Å². The molecule has 0 bridgehead atoms. The van der Waals surface area contributed by atoms with E-state index in [9.17, 15) is 13.2 Å². The number of benzene rings is 2. The predicted octanol–water partition coefficient (Wildman–Crippen LogP) is 3.25. The number of rotatable bonds is 3. The van der Waals surface area contributed by atoms with E-state index in [2.05, 4.69) is 13.8 Å². The number of hydrogen-bond acceptors (Lipinski definition) is 5. The molecule has 2 heterocycles. The molecule has 0 radical (unpaired) electrons. The van der Waals surface area contributed by atoms with Crippen LogP contribution in [0.2, 0.25) is 0 Å². The fraction of sp³-hybridized carbons (Fsp3) is 0.318. The Morgan fingerprint density at radius 1 is 0.966 bits per heavy atom. The molecule has 2 aliphatic rings. The second-order valence-electron chi connectivity index (χ2n) is 8.60. The number of ether oxygens (including phenoxy) is 2. The lowest BCUT2D eigenvalue weighted by molar-refractivity contribution is -0.141. The van der Waals surface area contributed by atoms with Gasteiger partial charge in [-0.1, -0.05) is 32.0 Å². The maximum absolute atomic E-state index is 12.8. The largest absolute Gasteiger partial charge is 0.492 e. The van der Waals surface area contributed by atoms with Crippen LogP contribution in [0, 0.1) is 0 Å². The van der Waals surface area contributed by atoms with Crippen LogP contribution < -0.4 is 9.88 Å². The first-order chi connectivity index (χ1) is 13.4. The van der Waals surface area contributed by atoms with Crippen molar-refractivity contribution in [3.63, 3.8) is 0 Å². The summed E-state index contributed by atoms with van der Waals surface area (Å²) in [5, 5.41) is 5.20. The molecule has 0 atom stereocenters. The fourth-order valence-corrected chi connectivity index (χ4v) is 4.49. The number of fused-ring (bicyclic) bond motifs is 1. The molecule has 0 aromatic heterocycles. The molecule has 0 unspecified atom stereocenters. The number of cyclic esters (lactones) is 1. The second-order valence-corrected chi connectivity index (χ2v) is 10.2. The summed E-state index contributed by atoms with van der Waals surface area (Å²) in [4.78, 5) is 12.9. The van der Waals surface area contributed by atoms with Crippen LogP contribution in [0.15, 0.2) is 47.4 Å². The normalized spacial score (nSPS) is 19.7. The minimum absolute atomic E-state index is 0.0166. The zero-order chi connectivity index (χ0) is 21.2. The molecule has 29 heavy (non-hydrogen) atoms. The third kappa shape index (κ3) is 3.24. The zero-order valence-electron chi connectivity index (χ0n) is 16.8.